The van der Waals surface area contributed by atoms with Gasteiger partial charge in [-0.05, 0) is 31.2 Å². The first-order valence-electron chi connectivity index (χ1n) is 7.09. The number of carbonyl (C=O) groups excluding carboxylic acids is 1. The highest BCUT2D eigenvalue weighted by molar-refractivity contribution is 6.30. The van der Waals surface area contributed by atoms with Crippen molar-refractivity contribution in [3.63, 3.8) is 0 Å². The van der Waals surface area contributed by atoms with Crippen molar-refractivity contribution in [1.82, 2.24) is 0 Å². The number of nitrogens with one attached hydrogen (secondary N) is 1. The van der Waals surface area contributed by atoms with Gasteiger partial charge in [0, 0.05) is 11.1 Å². The molecule has 2 aromatic rings. The highest BCUT2D eigenvalue weighted by atomic mass is 35.5. The number of amides is 1. The summed E-state index contributed by atoms with van der Waals surface area (Å²) in [4.78, 5) is 22.4. The maximum Gasteiger partial charge on any atom is 0.312 e. The summed E-state index contributed by atoms with van der Waals surface area (Å²) in [6.45, 7) is 1.91. The fourth-order valence-corrected chi connectivity index (χ4v) is 2.10. The Balaban J connectivity index is 2.03. The smallest absolute Gasteiger partial charge is 0.312 e. The van der Waals surface area contributed by atoms with Gasteiger partial charge in [0.15, 0.2) is 12.4 Å². The number of hydrogen-bond acceptors (Lipinski definition) is 5. The number of benzene rings is 2. The van der Waals surface area contributed by atoms with E-state index in [0.717, 1.165) is 0 Å². The van der Waals surface area contributed by atoms with E-state index in [1.807, 2.05) is 6.92 Å². The Morgan fingerprint density at radius 2 is 1.96 bits per heavy atom. The SMILES string of the molecule is CCOc1ccccc1NC(=O)COc1ccc(Cl)cc1[N+](=O)[O-]. The molecular weight excluding hydrogens is 336 g/mol. The van der Waals surface area contributed by atoms with Gasteiger partial charge in [-0.15, -0.1) is 0 Å². The van der Waals surface area contributed by atoms with Gasteiger partial charge in [-0.25, -0.2) is 0 Å². The Labute approximate surface area is 143 Å². The second kappa shape index (κ2) is 8.16. The predicted octanol–water partition coefficient (Wildman–Crippen LogP) is 3.66. The van der Waals surface area contributed by atoms with E-state index in [1.165, 1.54) is 18.2 Å². The second-order valence-electron chi connectivity index (χ2n) is 4.64. The van der Waals surface area contributed by atoms with Crippen molar-refractivity contribution in [3.05, 3.63) is 57.6 Å². The highest BCUT2D eigenvalue weighted by Crippen LogP contribution is 2.30. The van der Waals surface area contributed by atoms with Gasteiger partial charge in [0.05, 0.1) is 17.2 Å². The molecule has 0 radical (unpaired) electrons. The van der Waals surface area contributed by atoms with E-state index in [-0.39, 0.29) is 23.1 Å². The van der Waals surface area contributed by atoms with E-state index in [0.29, 0.717) is 18.0 Å². The van der Waals surface area contributed by atoms with Crippen LogP contribution in [0.4, 0.5) is 11.4 Å². The van der Waals surface area contributed by atoms with Crippen LogP contribution in [0.2, 0.25) is 5.02 Å². The summed E-state index contributed by atoms with van der Waals surface area (Å²) in [6.07, 6.45) is 0. The Morgan fingerprint density at radius 1 is 1.21 bits per heavy atom. The molecule has 1 N–H and O–H groups in total. The monoisotopic (exact) mass is 350 g/mol. The summed E-state index contributed by atoms with van der Waals surface area (Å²) >= 11 is 5.72. The second-order valence-corrected chi connectivity index (χ2v) is 5.07. The lowest BCUT2D eigenvalue weighted by Crippen LogP contribution is -2.20. The number of hydrogen-bond donors (Lipinski definition) is 1. The summed E-state index contributed by atoms with van der Waals surface area (Å²) < 4.78 is 10.6. The van der Waals surface area contributed by atoms with Crippen molar-refractivity contribution >= 4 is 28.9 Å². The van der Waals surface area contributed by atoms with Gasteiger partial charge in [-0.3, -0.25) is 14.9 Å². The van der Waals surface area contributed by atoms with Crippen molar-refractivity contribution in [2.45, 2.75) is 6.92 Å². The van der Waals surface area contributed by atoms with E-state index < -0.39 is 10.8 Å². The number of nitrogens with zero attached hydrogens (tertiary/aromatic N) is 1. The molecule has 24 heavy (non-hydrogen) atoms. The van der Waals surface area contributed by atoms with E-state index >= 15 is 0 Å². The van der Waals surface area contributed by atoms with Crippen molar-refractivity contribution < 1.29 is 19.2 Å². The topological polar surface area (TPSA) is 90.7 Å². The minimum Gasteiger partial charge on any atom is -0.492 e. The van der Waals surface area contributed by atoms with Crippen LogP contribution in [-0.2, 0) is 4.79 Å². The van der Waals surface area contributed by atoms with Crippen LogP contribution >= 0.6 is 11.6 Å². The minimum absolute atomic E-state index is 0.0300. The van der Waals surface area contributed by atoms with Crippen molar-refractivity contribution in [2.24, 2.45) is 0 Å². The van der Waals surface area contributed by atoms with Crippen LogP contribution in [0, 0.1) is 10.1 Å². The lowest BCUT2D eigenvalue weighted by atomic mass is 10.3. The molecule has 0 aromatic heterocycles. The average Bonchev–Trinajstić information content (AvgIpc) is 2.55. The predicted molar refractivity (Wildman–Crippen MR) is 89.8 cm³/mol. The molecule has 7 nitrogen and oxygen atoms in total. The lowest BCUT2D eigenvalue weighted by molar-refractivity contribution is -0.385. The molecule has 126 valence electrons. The fraction of sp³-hybridized carbons (Fsp3) is 0.188. The Hall–Kier alpha value is -2.80. The zero-order valence-corrected chi connectivity index (χ0v) is 13.6. The molecule has 0 spiro atoms. The van der Waals surface area contributed by atoms with Crippen LogP contribution in [0.3, 0.4) is 0 Å². The summed E-state index contributed by atoms with van der Waals surface area (Å²) in [5.74, 6) is 0.0369. The number of ether oxygens (including phenoxy) is 2. The first kappa shape index (κ1) is 17.6. The normalized spacial score (nSPS) is 10.1. The Bertz CT molecular complexity index is 751. The van der Waals surface area contributed by atoms with Crippen LogP contribution in [0.1, 0.15) is 6.92 Å². The van der Waals surface area contributed by atoms with Gasteiger partial charge in [0.2, 0.25) is 0 Å². The maximum atomic E-state index is 12.0. The molecule has 2 aromatic carbocycles. The first-order chi connectivity index (χ1) is 11.5. The third kappa shape index (κ3) is 4.60. The largest absolute Gasteiger partial charge is 0.492 e. The minimum atomic E-state index is -0.622. The number of rotatable bonds is 7. The standard InChI is InChI=1S/C16H15ClN2O5/c1-2-23-14-6-4-3-5-12(14)18-16(20)10-24-15-8-7-11(17)9-13(15)19(21)22/h3-9H,2,10H2,1H3,(H,18,20). The van der Waals surface area contributed by atoms with Crippen LogP contribution in [0.5, 0.6) is 11.5 Å². The zero-order valence-electron chi connectivity index (χ0n) is 12.8. The van der Waals surface area contributed by atoms with E-state index in [9.17, 15) is 14.9 Å². The van der Waals surface area contributed by atoms with Gasteiger partial charge in [-0.1, -0.05) is 23.7 Å². The summed E-state index contributed by atoms with van der Waals surface area (Å²) in [6, 6.07) is 10.9. The molecule has 0 fully saturated rings. The average molecular weight is 351 g/mol. The molecule has 0 aliphatic carbocycles. The Morgan fingerprint density at radius 3 is 2.67 bits per heavy atom. The lowest BCUT2D eigenvalue weighted by Gasteiger charge is -2.11. The van der Waals surface area contributed by atoms with E-state index in [2.05, 4.69) is 5.32 Å². The molecule has 0 atom stereocenters. The number of nitro benzene ring substituents is 1. The molecular formula is C16H15ClN2O5. The molecule has 8 heteroatoms. The van der Waals surface area contributed by atoms with Crippen LogP contribution in [0.15, 0.2) is 42.5 Å². The number of anilines is 1. The molecule has 0 saturated carbocycles. The molecule has 2 rings (SSSR count). The van der Waals surface area contributed by atoms with Crippen molar-refractivity contribution in [2.75, 3.05) is 18.5 Å². The molecule has 0 aliphatic heterocycles. The van der Waals surface area contributed by atoms with Gasteiger partial charge < -0.3 is 14.8 Å². The summed E-state index contributed by atoms with van der Waals surface area (Å²) in [7, 11) is 0. The third-order valence-electron chi connectivity index (χ3n) is 2.94. The van der Waals surface area contributed by atoms with E-state index in [4.69, 9.17) is 21.1 Å². The highest BCUT2D eigenvalue weighted by Gasteiger charge is 2.17. The maximum absolute atomic E-state index is 12.0. The fourth-order valence-electron chi connectivity index (χ4n) is 1.94. The summed E-state index contributed by atoms with van der Waals surface area (Å²) in [5, 5.41) is 13.8. The molecule has 1 amide bonds. The summed E-state index contributed by atoms with van der Waals surface area (Å²) in [5.41, 5.74) is 0.198. The molecule has 0 aliphatic rings. The zero-order chi connectivity index (χ0) is 17.5. The van der Waals surface area contributed by atoms with Crippen molar-refractivity contribution in [3.8, 4) is 11.5 Å². The number of para-hydroxylation sites is 2. The van der Waals surface area contributed by atoms with Gasteiger partial charge in [0.1, 0.15) is 5.75 Å². The van der Waals surface area contributed by atoms with Crippen LogP contribution < -0.4 is 14.8 Å². The molecule has 0 heterocycles. The van der Waals surface area contributed by atoms with Crippen molar-refractivity contribution in [1.29, 1.82) is 0 Å². The molecule has 0 saturated heterocycles. The molecule has 0 unspecified atom stereocenters. The van der Waals surface area contributed by atoms with Gasteiger partial charge >= 0.3 is 5.69 Å². The van der Waals surface area contributed by atoms with E-state index in [1.54, 1.807) is 24.3 Å². The quantitative estimate of drug-likeness (QED) is 0.607. The molecule has 0 bridgehead atoms. The third-order valence-corrected chi connectivity index (χ3v) is 3.17. The van der Waals surface area contributed by atoms with Gasteiger partial charge in [-0.2, -0.15) is 0 Å². The number of halogens is 1. The van der Waals surface area contributed by atoms with Gasteiger partial charge in [0.25, 0.3) is 5.91 Å². The van der Waals surface area contributed by atoms with Crippen LogP contribution in [-0.4, -0.2) is 24.0 Å². The Kier molecular flexibility index (Phi) is 5.97. The number of nitro groups is 1. The number of carbonyl (C=O) groups is 1. The van der Waals surface area contributed by atoms with Crippen LogP contribution in [0.25, 0.3) is 0 Å². The first-order valence-corrected chi connectivity index (χ1v) is 7.47.